The Morgan fingerprint density at radius 1 is 0.811 bits per heavy atom. The normalized spacial score (nSPS) is 14.1. The summed E-state index contributed by atoms with van der Waals surface area (Å²) in [6, 6.07) is 15.7. The molecule has 196 valence electrons. The van der Waals surface area contributed by atoms with Gasteiger partial charge in [0.2, 0.25) is 0 Å². The fraction of sp³-hybridized carbons (Fsp3) is 0.379. The van der Waals surface area contributed by atoms with Crippen LogP contribution in [-0.4, -0.2) is 30.1 Å². The second kappa shape index (κ2) is 12.9. The highest BCUT2D eigenvalue weighted by Gasteiger charge is 2.44. The van der Waals surface area contributed by atoms with E-state index in [1.165, 1.54) is 6.07 Å². The number of carbonyl (C=O) groups is 2. The Kier molecular flexibility index (Phi) is 9.60. The van der Waals surface area contributed by atoms with E-state index >= 15 is 0 Å². The molecule has 0 unspecified atom stereocenters. The summed E-state index contributed by atoms with van der Waals surface area (Å²) in [6.07, 6.45) is 2.09. The summed E-state index contributed by atoms with van der Waals surface area (Å²) in [5.41, 5.74) is 2.57. The van der Waals surface area contributed by atoms with Crippen LogP contribution in [0.25, 0.3) is 0 Å². The molecule has 0 amide bonds. The number of ether oxygens (including phenoxy) is 2. The molecule has 0 fully saturated rings. The van der Waals surface area contributed by atoms with E-state index in [-0.39, 0.29) is 35.6 Å². The highest BCUT2D eigenvalue weighted by molar-refractivity contribution is 6.02. The van der Waals surface area contributed by atoms with Crippen LogP contribution in [0.1, 0.15) is 64.9 Å². The SMILES string of the molecule is CCCOC(=O)C1=C(CC)N(c2ccccc2)C(CC)=C(C(=O)OCCC)C1c1ccccc1[N+](=O)[O-]. The van der Waals surface area contributed by atoms with Crippen molar-refractivity contribution in [1.29, 1.82) is 0 Å². The average Bonchev–Trinajstić information content (AvgIpc) is 2.93. The van der Waals surface area contributed by atoms with Crippen molar-refractivity contribution in [3.8, 4) is 0 Å². The number of hydrogen-bond donors (Lipinski definition) is 0. The first kappa shape index (κ1) is 27.6. The molecular formula is C29H34N2O6. The van der Waals surface area contributed by atoms with E-state index in [4.69, 9.17) is 9.47 Å². The van der Waals surface area contributed by atoms with E-state index in [0.29, 0.717) is 37.1 Å². The van der Waals surface area contributed by atoms with Crippen LogP contribution in [0.15, 0.2) is 77.1 Å². The summed E-state index contributed by atoms with van der Waals surface area (Å²) >= 11 is 0. The Balaban J connectivity index is 2.44. The fourth-order valence-electron chi connectivity index (χ4n) is 4.69. The maximum absolute atomic E-state index is 13.7. The molecule has 3 rings (SSSR count). The Bertz CT molecular complexity index is 1160. The minimum atomic E-state index is -1.01. The van der Waals surface area contributed by atoms with Gasteiger partial charge in [0.25, 0.3) is 5.69 Å². The second-order valence-corrected chi connectivity index (χ2v) is 8.62. The Morgan fingerprint density at radius 3 is 1.76 bits per heavy atom. The number of nitro groups is 1. The molecule has 8 heteroatoms. The number of nitro benzene ring substituents is 1. The number of anilines is 1. The van der Waals surface area contributed by atoms with E-state index < -0.39 is 22.8 Å². The first-order valence-electron chi connectivity index (χ1n) is 12.8. The van der Waals surface area contributed by atoms with E-state index in [1.54, 1.807) is 18.2 Å². The maximum atomic E-state index is 13.7. The summed E-state index contributed by atoms with van der Waals surface area (Å²) < 4.78 is 11.2. The van der Waals surface area contributed by atoms with Crippen LogP contribution < -0.4 is 4.90 Å². The zero-order valence-corrected chi connectivity index (χ0v) is 21.9. The number of rotatable bonds is 11. The molecule has 0 atom stereocenters. The molecule has 0 aromatic heterocycles. The minimum Gasteiger partial charge on any atom is -0.462 e. The third-order valence-corrected chi connectivity index (χ3v) is 6.18. The summed E-state index contributed by atoms with van der Waals surface area (Å²) in [5.74, 6) is -2.21. The van der Waals surface area contributed by atoms with Gasteiger partial charge >= 0.3 is 11.9 Å². The second-order valence-electron chi connectivity index (χ2n) is 8.62. The molecular weight excluding hydrogens is 472 g/mol. The topological polar surface area (TPSA) is 99.0 Å². The van der Waals surface area contributed by atoms with Crippen molar-refractivity contribution in [3.63, 3.8) is 0 Å². The average molecular weight is 507 g/mol. The van der Waals surface area contributed by atoms with Gasteiger partial charge in [-0.3, -0.25) is 10.1 Å². The number of nitrogens with zero attached hydrogens (tertiary/aromatic N) is 2. The van der Waals surface area contributed by atoms with Crippen molar-refractivity contribution in [1.82, 2.24) is 0 Å². The van der Waals surface area contributed by atoms with Crippen molar-refractivity contribution in [2.45, 2.75) is 59.3 Å². The monoisotopic (exact) mass is 506 g/mol. The fourth-order valence-corrected chi connectivity index (χ4v) is 4.69. The van der Waals surface area contributed by atoms with Gasteiger partial charge in [0.15, 0.2) is 0 Å². The number of para-hydroxylation sites is 2. The third-order valence-electron chi connectivity index (χ3n) is 6.18. The number of benzene rings is 2. The Hall–Kier alpha value is -3.94. The lowest BCUT2D eigenvalue weighted by Crippen LogP contribution is -2.37. The van der Waals surface area contributed by atoms with Gasteiger partial charge in [0.1, 0.15) is 0 Å². The van der Waals surface area contributed by atoms with Crippen molar-refractivity contribution in [3.05, 3.63) is 92.8 Å². The van der Waals surface area contributed by atoms with Gasteiger partial charge in [0.05, 0.1) is 35.2 Å². The molecule has 1 aliphatic heterocycles. The first-order chi connectivity index (χ1) is 17.9. The predicted molar refractivity (Wildman–Crippen MR) is 142 cm³/mol. The standard InChI is InChI=1S/C29H34N2O6/c1-5-18-36-28(32)26-22(7-3)30(20-14-10-9-11-15-20)23(8-4)27(29(33)37-19-6-2)25(26)21-16-12-13-17-24(21)31(34)35/h9-17,25H,5-8,18-19H2,1-4H3. The predicted octanol–water partition coefficient (Wildman–Crippen LogP) is 6.43. The number of hydrogen-bond acceptors (Lipinski definition) is 7. The van der Waals surface area contributed by atoms with Gasteiger partial charge in [-0.1, -0.05) is 64.1 Å². The largest absolute Gasteiger partial charge is 0.462 e. The lowest BCUT2D eigenvalue weighted by Gasteiger charge is -2.39. The lowest BCUT2D eigenvalue weighted by atomic mass is 9.77. The molecule has 0 bridgehead atoms. The first-order valence-corrected chi connectivity index (χ1v) is 12.8. The lowest BCUT2D eigenvalue weighted by molar-refractivity contribution is -0.385. The van der Waals surface area contributed by atoms with Crippen molar-refractivity contribution in [2.75, 3.05) is 18.1 Å². The van der Waals surface area contributed by atoms with Crippen LogP contribution >= 0.6 is 0 Å². The van der Waals surface area contributed by atoms with Crippen LogP contribution in [0, 0.1) is 10.1 Å². The van der Waals surface area contributed by atoms with Gasteiger partial charge in [0, 0.05) is 28.7 Å². The molecule has 0 radical (unpaired) electrons. The molecule has 0 spiro atoms. The van der Waals surface area contributed by atoms with E-state index in [2.05, 4.69) is 0 Å². The van der Waals surface area contributed by atoms with E-state index in [0.717, 1.165) is 5.69 Å². The van der Waals surface area contributed by atoms with Crippen LogP contribution in [0.5, 0.6) is 0 Å². The molecule has 0 saturated carbocycles. The van der Waals surface area contributed by atoms with Crippen molar-refractivity contribution >= 4 is 23.3 Å². The van der Waals surface area contributed by atoms with Crippen molar-refractivity contribution in [2.24, 2.45) is 0 Å². The molecule has 8 nitrogen and oxygen atoms in total. The summed E-state index contributed by atoms with van der Waals surface area (Å²) in [4.78, 5) is 40.9. The van der Waals surface area contributed by atoms with Crippen LogP contribution in [0.4, 0.5) is 11.4 Å². The van der Waals surface area contributed by atoms with Gasteiger partial charge in [-0.15, -0.1) is 0 Å². The highest BCUT2D eigenvalue weighted by atomic mass is 16.6. The molecule has 1 heterocycles. The summed E-state index contributed by atoms with van der Waals surface area (Å²) in [5, 5.41) is 12.1. The summed E-state index contributed by atoms with van der Waals surface area (Å²) in [7, 11) is 0. The quantitative estimate of drug-likeness (QED) is 0.197. The smallest absolute Gasteiger partial charge is 0.336 e. The molecule has 2 aromatic rings. The zero-order valence-electron chi connectivity index (χ0n) is 21.9. The third kappa shape index (κ3) is 5.74. The molecule has 0 N–H and O–H groups in total. The molecule has 1 aliphatic rings. The van der Waals surface area contributed by atoms with E-state index in [1.807, 2.05) is 62.9 Å². The molecule has 2 aromatic carbocycles. The van der Waals surface area contributed by atoms with Gasteiger partial charge < -0.3 is 14.4 Å². The highest BCUT2D eigenvalue weighted by Crippen LogP contribution is 2.48. The van der Waals surface area contributed by atoms with Gasteiger partial charge in [-0.2, -0.15) is 0 Å². The van der Waals surface area contributed by atoms with Crippen LogP contribution in [0.3, 0.4) is 0 Å². The minimum absolute atomic E-state index is 0.173. The number of carbonyl (C=O) groups excluding carboxylic acids is 2. The van der Waals surface area contributed by atoms with Crippen LogP contribution in [0.2, 0.25) is 0 Å². The number of allylic oxidation sites excluding steroid dienone is 2. The molecule has 0 aliphatic carbocycles. The summed E-state index contributed by atoms with van der Waals surface area (Å²) in [6.45, 7) is 8.00. The molecule has 0 saturated heterocycles. The van der Waals surface area contributed by atoms with Gasteiger partial charge in [-0.05, 0) is 37.8 Å². The Morgan fingerprint density at radius 2 is 1.30 bits per heavy atom. The maximum Gasteiger partial charge on any atom is 0.336 e. The zero-order chi connectivity index (χ0) is 26.9. The van der Waals surface area contributed by atoms with Crippen LogP contribution in [-0.2, 0) is 19.1 Å². The Labute approximate surface area is 217 Å². The van der Waals surface area contributed by atoms with Crippen molar-refractivity contribution < 1.29 is 24.0 Å². The number of esters is 2. The van der Waals surface area contributed by atoms with Gasteiger partial charge in [-0.25, -0.2) is 9.59 Å². The molecule has 37 heavy (non-hydrogen) atoms. The van der Waals surface area contributed by atoms with E-state index in [9.17, 15) is 19.7 Å².